The molecule has 30 heavy (non-hydrogen) atoms. The molecule has 0 spiro atoms. The summed E-state index contributed by atoms with van der Waals surface area (Å²) in [5, 5.41) is 32.6. The van der Waals surface area contributed by atoms with Crippen LogP contribution in [0.25, 0.3) is 11.2 Å². The number of fused-ring (bicyclic) bond motifs is 1. The number of hydrogen-bond donors (Lipinski definition) is 4. The first kappa shape index (κ1) is 20.1. The average molecular weight is 411 g/mol. The molecule has 4 rings (SSSR count). The molecule has 10 nitrogen and oxygen atoms in total. The van der Waals surface area contributed by atoms with Gasteiger partial charge in [-0.15, -0.1) is 0 Å². The Bertz CT molecular complexity index is 1080. The summed E-state index contributed by atoms with van der Waals surface area (Å²) in [6.45, 7) is -0.259. The van der Waals surface area contributed by atoms with Crippen molar-refractivity contribution >= 4 is 17.0 Å². The molecule has 10 heteroatoms. The average Bonchev–Trinajstić information content (AvgIpc) is 3.32. The van der Waals surface area contributed by atoms with Crippen LogP contribution in [0.2, 0.25) is 0 Å². The van der Waals surface area contributed by atoms with Crippen LogP contribution in [0.5, 0.6) is 5.75 Å². The second-order valence-electron chi connectivity index (χ2n) is 6.60. The third-order valence-corrected chi connectivity index (χ3v) is 4.70. The van der Waals surface area contributed by atoms with E-state index >= 15 is 0 Å². The van der Waals surface area contributed by atoms with E-state index in [9.17, 15) is 15.3 Å². The Morgan fingerprint density at radius 1 is 1.20 bits per heavy atom. The number of aliphatic hydroxyl groups is 3. The largest absolute Gasteiger partial charge is 0.481 e. The van der Waals surface area contributed by atoms with Crippen molar-refractivity contribution < 1.29 is 24.8 Å². The van der Waals surface area contributed by atoms with E-state index < -0.39 is 31.1 Å². The van der Waals surface area contributed by atoms with Gasteiger partial charge in [-0.1, -0.05) is 24.1 Å². The lowest BCUT2D eigenvalue weighted by molar-refractivity contribution is -0.0511. The van der Waals surface area contributed by atoms with Gasteiger partial charge in [-0.25, -0.2) is 15.0 Å². The molecule has 4 N–H and O–H groups in total. The summed E-state index contributed by atoms with van der Waals surface area (Å²) in [4.78, 5) is 13.1. The maximum absolute atomic E-state index is 10.3. The van der Waals surface area contributed by atoms with Crippen molar-refractivity contribution in [2.75, 3.05) is 25.6 Å². The standard InChI is InChI=1S/C20H21N5O5/c1-21-18-15-19(25(11-22-15)20-17(28)16(27)13(10-26)30-20)24-14(23-18)8-5-9-29-12-6-3-2-4-7-12/h2-4,6-7,11,13,16-17,20,26-28H,9-10H2,1H3,(H,21,23,24)/t13-,16-,17-,20?/m1/s1. The van der Waals surface area contributed by atoms with Gasteiger partial charge in [0.25, 0.3) is 0 Å². The molecule has 0 amide bonds. The monoisotopic (exact) mass is 411 g/mol. The molecule has 1 aromatic carbocycles. The van der Waals surface area contributed by atoms with Crippen LogP contribution in [0, 0.1) is 11.8 Å². The molecule has 1 aliphatic rings. The Morgan fingerprint density at radius 3 is 2.70 bits per heavy atom. The number of rotatable bonds is 5. The topological polar surface area (TPSA) is 135 Å². The number of ether oxygens (including phenoxy) is 2. The highest BCUT2D eigenvalue weighted by molar-refractivity contribution is 5.83. The Labute approximate surface area is 172 Å². The molecule has 3 aromatic rings. The Balaban J connectivity index is 1.62. The van der Waals surface area contributed by atoms with E-state index in [1.165, 1.54) is 10.9 Å². The second kappa shape index (κ2) is 8.64. The van der Waals surface area contributed by atoms with Crippen molar-refractivity contribution in [3.63, 3.8) is 0 Å². The van der Waals surface area contributed by atoms with Crippen LogP contribution in [0.15, 0.2) is 36.7 Å². The predicted octanol–water partition coefficient (Wildman–Crippen LogP) is -0.0900. The number of imidazole rings is 1. The summed E-state index contributed by atoms with van der Waals surface area (Å²) in [6.07, 6.45) is -2.89. The van der Waals surface area contributed by atoms with Crippen molar-refractivity contribution in [3.05, 3.63) is 42.5 Å². The highest BCUT2D eigenvalue weighted by Gasteiger charge is 2.44. The molecule has 1 unspecified atom stereocenters. The summed E-state index contributed by atoms with van der Waals surface area (Å²) in [5.41, 5.74) is 0.832. The van der Waals surface area contributed by atoms with Gasteiger partial charge in [-0.3, -0.25) is 4.57 Å². The van der Waals surface area contributed by atoms with Crippen LogP contribution in [0.4, 0.5) is 5.82 Å². The van der Waals surface area contributed by atoms with Crippen LogP contribution < -0.4 is 10.1 Å². The highest BCUT2D eigenvalue weighted by atomic mass is 16.6. The molecule has 0 saturated carbocycles. The van der Waals surface area contributed by atoms with E-state index in [1.807, 2.05) is 30.3 Å². The number of benzene rings is 1. The Hall–Kier alpha value is -3.23. The molecule has 1 aliphatic heterocycles. The van der Waals surface area contributed by atoms with E-state index in [1.54, 1.807) is 7.05 Å². The van der Waals surface area contributed by atoms with Gasteiger partial charge >= 0.3 is 0 Å². The van der Waals surface area contributed by atoms with Crippen molar-refractivity contribution in [2.45, 2.75) is 24.5 Å². The predicted molar refractivity (Wildman–Crippen MR) is 107 cm³/mol. The fraction of sp³-hybridized carbons (Fsp3) is 0.350. The van der Waals surface area contributed by atoms with Gasteiger partial charge in [0.15, 0.2) is 23.2 Å². The second-order valence-corrected chi connectivity index (χ2v) is 6.60. The third-order valence-electron chi connectivity index (χ3n) is 4.70. The minimum Gasteiger partial charge on any atom is -0.481 e. The molecule has 1 fully saturated rings. The molecular formula is C20H21N5O5. The van der Waals surface area contributed by atoms with Crippen LogP contribution in [0.3, 0.4) is 0 Å². The molecule has 3 heterocycles. The van der Waals surface area contributed by atoms with Gasteiger partial charge in [0.05, 0.1) is 12.9 Å². The van der Waals surface area contributed by atoms with Gasteiger partial charge in [0.2, 0.25) is 5.82 Å². The molecule has 0 radical (unpaired) electrons. The molecule has 4 atom stereocenters. The first-order valence-electron chi connectivity index (χ1n) is 9.34. The SMILES string of the molecule is CNc1nc(C#CCOc2ccccc2)nc2c1ncn2C1O[C@H](CO)[C@@H](O)[C@H]1O. The van der Waals surface area contributed by atoms with Crippen molar-refractivity contribution in [1.29, 1.82) is 0 Å². The molecule has 0 bridgehead atoms. The third kappa shape index (κ3) is 3.79. The number of anilines is 1. The zero-order valence-electron chi connectivity index (χ0n) is 16.1. The zero-order valence-corrected chi connectivity index (χ0v) is 16.1. The fourth-order valence-electron chi connectivity index (χ4n) is 3.19. The van der Waals surface area contributed by atoms with Crippen LogP contribution in [-0.4, -0.2) is 73.4 Å². The number of nitrogens with zero attached hydrogens (tertiary/aromatic N) is 4. The van der Waals surface area contributed by atoms with E-state index in [2.05, 4.69) is 32.1 Å². The lowest BCUT2D eigenvalue weighted by Gasteiger charge is -2.16. The minimum atomic E-state index is -1.25. The van der Waals surface area contributed by atoms with Gasteiger partial charge in [0, 0.05) is 7.05 Å². The number of nitrogens with one attached hydrogen (secondary N) is 1. The van der Waals surface area contributed by atoms with E-state index in [4.69, 9.17) is 9.47 Å². The summed E-state index contributed by atoms with van der Waals surface area (Å²) >= 11 is 0. The molecular weight excluding hydrogens is 390 g/mol. The van der Waals surface area contributed by atoms with Crippen molar-refractivity contribution in [2.24, 2.45) is 0 Å². The van der Waals surface area contributed by atoms with Gasteiger partial charge in [-0.2, -0.15) is 0 Å². The molecule has 0 aliphatic carbocycles. The molecule has 2 aromatic heterocycles. The van der Waals surface area contributed by atoms with Gasteiger partial charge in [0.1, 0.15) is 30.7 Å². The van der Waals surface area contributed by atoms with E-state index in [-0.39, 0.29) is 12.4 Å². The summed E-state index contributed by atoms with van der Waals surface area (Å²) in [5.74, 6) is 7.13. The first-order chi connectivity index (χ1) is 14.6. The summed E-state index contributed by atoms with van der Waals surface area (Å²) < 4.78 is 12.6. The van der Waals surface area contributed by atoms with Crippen molar-refractivity contribution in [1.82, 2.24) is 19.5 Å². The van der Waals surface area contributed by atoms with E-state index in [0.717, 1.165) is 0 Å². The molecule has 1 saturated heterocycles. The zero-order chi connectivity index (χ0) is 21.1. The number of hydrogen-bond acceptors (Lipinski definition) is 9. The lowest BCUT2D eigenvalue weighted by Crippen LogP contribution is -2.33. The van der Waals surface area contributed by atoms with Gasteiger partial charge < -0.3 is 30.1 Å². The Morgan fingerprint density at radius 2 is 2.00 bits per heavy atom. The van der Waals surface area contributed by atoms with Crippen molar-refractivity contribution in [3.8, 4) is 17.6 Å². The maximum Gasteiger partial charge on any atom is 0.209 e. The van der Waals surface area contributed by atoms with E-state index in [0.29, 0.717) is 22.7 Å². The quantitative estimate of drug-likeness (QED) is 0.425. The normalized spacial score (nSPS) is 23.2. The fourth-order valence-corrected chi connectivity index (χ4v) is 3.19. The van der Waals surface area contributed by atoms with Crippen LogP contribution in [0.1, 0.15) is 12.1 Å². The van der Waals surface area contributed by atoms with Crippen LogP contribution >= 0.6 is 0 Å². The van der Waals surface area contributed by atoms with Gasteiger partial charge in [-0.05, 0) is 18.1 Å². The first-order valence-corrected chi connectivity index (χ1v) is 9.34. The maximum atomic E-state index is 10.3. The summed E-state index contributed by atoms with van der Waals surface area (Å²) in [7, 11) is 1.70. The number of aliphatic hydroxyl groups excluding tert-OH is 3. The highest BCUT2D eigenvalue weighted by Crippen LogP contribution is 2.32. The molecule has 156 valence electrons. The lowest BCUT2D eigenvalue weighted by atomic mass is 10.1. The Kier molecular flexibility index (Phi) is 5.78. The number of para-hydroxylation sites is 1. The van der Waals surface area contributed by atoms with Crippen LogP contribution in [-0.2, 0) is 4.74 Å². The smallest absolute Gasteiger partial charge is 0.209 e. The summed E-state index contributed by atoms with van der Waals surface area (Å²) in [6, 6.07) is 9.32. The minimum absolute atomic E-state index is 0.161. The number of aromatic nitrogens is 4.